The predicted molar refractivity (Wildman–Crippen MR) is 53.1 cm³/mol. The van der Waals surface area contributed by atoms with Gasteiger partial charge in [0.15, 0.2) is 0 Å². The number of halogens is 3. The van der Waals surface area contributed by atoms with Gasteiger partial charge in [0.25, 0.3) is 0 Å². The molecule has 1 aliphatic heterocycles. The first-order chi connectivity index (χ1) is 7.38. The van der Waals surface area contributed by atoms with Crippen LogP contribution in [0.3, 0.4) is 0 Å². The molecule has 0 spiro atoms. The number of rotatable bonds is 4. The van der Waals surface area contributed by atoms with E-state index < -0.39 is 6.36 Å². The van der Waals surface area contributed by atoms with E-state index in [1.54, 1.807) is 0 Å². The van der Waals surface area contributed by atoms with Crippen LogP contribution in [-0.4, -0.2) is 43.3 Å². The van der Waals surface area contributed by atoms with Gasteiger partial charge in [0.05, 0.1) is 12.4 Å². The van der Waals surface area contributed by atoms with Gasteiger partial charge in [0.2, 0.25) is 0 Å². The summed E-state index contributed by atoms with van der Waals surface area (Å²) in [5.74, 6) is 0.256. The maximum Gasteiger partial charge on any atom is 0.522 e. The second kappa shape index (κ2) is 5.49. The molecule has 3 N–H and O–H groups in total. The van der Waals surface area contributed by atoms with Crippen LogP contribution in [0.2, 0.25) is 0 Å². The fraction of sp³-hybridized carbons (Fsp3) is 0.889. The molecule has 0 aromatic heterocycles. The van der Waals surface area contributed by atoms with Crippen LogP contribution in [0.1, 0.15) is 12.8 Å². The third-order valence-electron chi connectivity index (χ3n) is 2.70. The monoisotopic (exact) mass is 239 g/mol. The van der Waals surface area contributed by atoms with Crippen molar-refractivity contribution < 1.29 is 17.9 Å². The number of ether oxygens (including phenoxy) is 1. The van der Waals surface area contributed by atoms with E-state index in [1.807, 2.05) is 4.90 Å². The fourth-order valence-corrected chi connectivity index (χ4v) is 1.76. The Balaban J connectivity index is 2.15. The summed E-state index contributed by atoms with van der Waals surface area (Å²) < 4.78 is 38.8. The lowest BCUT2D eigenvalue weighted by Crippen LogP contribution is -2.40. The van der Waals surface area contributed by atoms with Crippen molar-refractivity contribution in [3.8, 4) is 0 Å². The third kappa shape index (κ3) is 4.80. The maximum absolute atomic E-state index is 11.7. The highest BCUT2D eigenvalue weighted by molar-refractivity contribution is 5.79. The SMILES string of the molecule is N=C(N)C1CCN(CCOC(F)(F)F)CC1. The van der Waals surface area contributed by atoms with Crippen molar-refractivity contribution in [2.24, 2.45) is 11.7 Å². The molecule has 1 heterocycles. The first kappa shape index (κ1) is 13.2. The average Bonchev–Trinajstić information content (AvgIpc) is 2.16. The number of nitrogens with zero attached hydrogens (tertiary/aromatic N) is 1. The second-order valence-electron chi connectivity index (χ2n) is 3.87. The molecule has 16 heavy (non-hydrogen) atoms. The van der Waals surface area contributed by atoms with Crippen LogP contribution in [0.25, 0.3) is 0 Å². The van der Waals surface area contributed by atoms with Gasteiger partial charge in [0.1, 0.15) is 0 Å². The van der Waals surface area contributed by atoms with Gasteiger partial charge >= 0.3 is 6.36 Å². The lowest BCUT2D eigenvalue weighted by molar-refractivity contribution is -0.325. The zero-order valence-electron chi connectivity index (χ0n) is 8.89. The van der Waals surface area contributed by atoms with E-state index in [9.17, 15) is 13.2 Å². The van der Waals surface area contributed by atoms with Crippen LogP contribution in [0.15, 0.2) is 0 Å². The van der Waals surface area contributed by atoms with E-state index in [0.29, 0.717) is 13.1 Å². The fourth-order valence-electron chi connectivity index (χ4n) is 1.76. The molecule has 0 radical (unpaired) electrons. The van der Waals surface area contributed by atoms with E-state index in [2.05, 4.69) is 4.74 Å². The Hall–Kier alpha value is -0.820. The summed E-state index contributed by atoms with van der Waals surface area (Å²) >= 11 is 0. The largest absolute Gasteiger partial charge is 0.522 e. The topological polar surface area (TPSA) is 62.3 Å². The lowest BCUT2D eigenvalue weighted by atomic mass is 9.96. The number of hydrogen-bond acceptors (Lipinski definition) is 3. The molecule has 7 heteroatoms. The minimum atomic E-state index is -4.54. The summed E-state index contributed by atoms with van der Waals surface area (Å²) in [7, 11) is 0. The summed E-state index contributed by atoms with van der Waals surface area (Å²) in [6, 6.07) is 0. The smallest absolute Gasteiger partial charge is 0.387 e. The summed E-state index contributed by atoms with van der Waals surface area (Å²) in [6.45, 7) is 1.27. The van der Waals surface area contributed by atoms with Gasteiger partial charge in [-0.25, -0.2) is 0 Å². The summed E-state index contributed by atoms with van der Waals surface area (Å²) in [4.78, 5) is 1.89. The van der Waals surface area contributed by atoms with Crippen LogP contribution < -0.4 is 5.73 Å². The van der Waals surface area contributed by atoms with Gasteiger partial charge in [-0.3, -0.25) is 10.1 Å². The van der Waals surface area contributed by atoms with Crippen molar-refractivity contribution in [2.75, 3.05) is 26.2 Å². The molecule has 0 aromatic carbocycles. The predicted octanol–water partition coefficient (Wildman–Crippen LogP) is 1.17. The lowest BCUT2D eigenvalue weighted by Gasteiger charge is -2.31. The number of amidine groups is 1. The number of nitrogens with two attached hydrogens (primary N) is 1. The van der Waals surface area contributed by atoms with E-state index in [0.717, 1.165) is 12.8 Å². The molecule has 0 aromatic rings. The molecule has 1 rings (SSSR count). The molecule has 0 atom stereocenters. The molecule has 1 fully saturated rings. The molecular weight excluding hydrogens is 223 g/mol. The molecule has 1 saturated heterocycles. The number of piperidine rings is 1. The van der Waals surface area contributed by atoms with Crippen molar-refractivity contribution >= 4 is 5.84 Å². The first-order valence-electron chi connectivity index (χ1n) is 5.15. The minimum absolute atomic E-state index is 0.0831. The molecule has 0 amide bonds. The Bertz CT molecular complexity index is 237. The Morgan fingerprint density at radius 3 is 2.38 bits per heavy atom. The van der Waals surface area contributed by atoms with E-state index in [-0.39, 0.29) is 24.9 Å². The number of alkyl halides is 3. The van der Waals surface area contributed by atoms with Crippen LogP contribution in [-0.2, 0) is 4.74 Å². The molecule has 0 bridgehead atoms. The van der Waals surface area contributed by atoms with E-state index in [4.69, 9.17) is 11.1 Å². The van der Waals surface area contributed by atoms with Gasteiger partial charge in [-0.05, 0) is 25.9 Å². The highest BCUT2D eigenvalue weighted by atomic mass is 19.4. The third-order valence-corrected chi connectivity index (χ3v) is 2.70. The first-order valence-corrected chi connectivity index (χ1v) is 5.15. The van der Waals surface area contributed by atoms with Crippen molar-refractivity contribution in [1.29, 1.82) is 5.41 Å². The summed E-state index contributed by atoms with van der Waals surface area (Å²) in [6.07, 6.45) is -3.07. The summed E-state index contributed by atoms with van der Waals surface area (Å²) in [5, 5.41) is 7.26. The van der Waals surface area contributed by atoms with Crippen LogP contribution >= 0.6 is 0 Å². The van der Waals surface area contributed by atoms with Crippen molar-refractivity contribution in [1.82, 2.24) is 4.90 Å². The van der Waals surface area contributed by atoms with Crippen LogP contribution in [0, 0.1) is 11.3 Å². The molecule has 0 saturated carbocycles. The Kier molecular flexibility index (Phi) is 4.55. The zero-order valence-corrected chi connectivity index (χ0v) is 8.89. The van der Waals surface area contributed by atoms with E-state index in [1.165, 1.54) is 0 Å². The molecule has 4 nitrogen and oxygen atoms in total. The molecule has 0 aliphatic carbocycles. The molecule has 0 unspecified atom stereocenters. The molecule has 94 valence electrons. The number of hydrogen-bond donors (Lipinski definition) is 2. The zero-order chi connectivity index (χ0) is 12.2. The highest BCUT2D eigenvalue weighted by Crippen LogP contribution is 2.18. The van der Waals surface area contributed by atoms with Gasteiger partial charge < -0.3 is 10.6 Å². The average molecular weight is 239 g/mol. The summed E-state index contributed by atoms with van der Waals surface area (Å²) in [5.41, 5.74) is 5.36. The molecule has 1 aliphatic rings. The highest BCUT2D eigenvalue weighted by Gasteiger charge is 2.29. The maximum atomic E-state index is 11.7. The van der Waals surface area contributed by atoms with Gasteiger partial charge in [-0.1, -0.05) is 0 Å². The molecular formula is C9H16F3N3O. The standard InChI is InChI=1S/C9H16F3N3O/c10-9(11,12)16-6-5-15-3-1-7(2-4-15)8(13)14/h7H,1-6H2,(H3,13,14). The Morgan fingerprint density at radius 2 is 1.94 bits per heavy atom. The Morgan fingerprint density at radius 1 is 1.38 bits per heavy atom. The van der Waals surface area contributed by atoms with E-state index >= 15 is 0 Å². The van der Waals surface area contributed by atoms with Gasteiger partial charge in [-0.15, -0.1) is 13.2 Å². The van der Waals surface area contributed by atoms with Crippen molar-refractivity contribution in [3.63, 3.8) is 0 Å². The van der Waals surface area contributed by atoms with Crippen LogP contribution in [0.4, 0.5) is 13.2 Å². The Labute approximate surface area is 92.0 Å². The van der Waals surface area contributed by atoms with Gasteiger partial charge in [-0.2, -0.15) is 0 Å². The van der Waals surface area contributed by atoms with Crippen LogP contribution in [0.5, 0.6) is 0 Å². The number of nitrogens with one attached hydrogen (secondary N) is 1. The number of likely N-dealkylation sites (tertiary alicyclic amines) is 1. The van der Waals surface area contributed by atoms with Crippen molar-refractivity contribution in [2.45, 2.75) is 19.2 Å². The quantitative estimate of drug-likeness (QED) is 0.572. The second-order valence-corrected chi connectivity index (χ2v) is 3.87. The van der Waals surface area contributed by atoms with Crippen molar-refractivity contribution in [3.05, 3.63) is 0 Å². The normalized spacial score (nSPS) is 19.9. The minimum Gasteiger partial charge on any atom is -0.387 e. The van der Waals surface area contributed by atoms with Gasteiger partial charge in [0, 0.05) is 12.5 Å².